The van der Waals surface area contributed by atoms with Crippen molar-refractivity contribution in [3.8, 4) is 11.5 Å². The first-order valence-electron chi connectivity index (χ1n) is 7.29. The van der Waals surface area contributed by atoms with E-state index in [1.165, 1.54) is 0 Å². The van der Waals surface area contributed by atoms with Crippen molar-refractivity contribution < 1.29 is 13.7 Å². The highest BCUT2D eigenvalue weighted by Crippen LogP contribution is 2.27. The van der Waals surface area contributed by atoms with E-state index in [1.54, 1.807) is 31.4 Å². The zero-order valence-electron chi connectivity index (χ0n) is 12.5. The average molecular weight is 299 g/mol. The van der Waals surface area contributed by atoms with Gasteiger partial charge in [0.15, 0.2) is 5.76 Å². The minimum atomic E-state index is -0.153. The van der Waals surface area contributed by atoms with E-state index in [4.69, 9.17) is 8.94 Å². The molecule has 0 saturated carbocycles. The van der Waals surface area contributed by atoms with Crippen molar-refractivity contribution in [2.45, 2.75) is 26.7 Å². The number of nitrogens with zero attached hydrogens (tertiary/aromatic N) is 2. The Morgan fingerprint density at radius 1 is 1.41 bits per heavy atom. The highest BCUT2D eigenvalue weighted by molar-refractivity contribution is 6.06. The molecule has 3 aromatic rings. The number of carbonyl (C=O) groups excluding carboxylic acids is 1. The predicted octanol–water partition coefficient (Wildman–Crippen LogP) is 3.32. The zero-order valence-corrected chi connectivity index (χ0v) is 12.5. The van der Waals surface area contributed by atoms with Gasteiger partial charge in [-0.2, -0.15) is 0 Å². The Morgan fingerprint density at radius 3 is 3.00 bits per heavy atom. The largest absolute Gasteiger partial charge is 0.463 e. The van der Waals surface area contributed by atoms with Gasteiger partial charge in [-0.1, -0.05) is 18.5 Å². The van der Waals surface area contributed by atoms with Crippen LogP contribution in [0, 0.1) is 6.92 Å². The van der Waals surface area contributed by atoms with Crippen LogP contribution < -0.4 is 5.32 Å². The zero-order chi connectivity index (χ0) is 15.5. The summed E-state index contributed by atoms with van der Waals surface area (Å²) < 4.78 is 10.6. The van der Waals surface area contributed by atoms with E-state index in [2.05, 4.69) is 22.4 Å². The van der Waals surface area contributed by atoms with Crippen molar-refractivity contribution in [2.24, 2.45) is 0 Å². The summed E-state index contributed by atoms with van der Waals surface area (Å²) in [4.78, 5) is 16.8. The Morgan fingerprint density at radius 2 is 2.27 bits per heavy atom. The standard InChI is InChI=1S/C16H17N3O3/c1-3-4-7-17-15(20)11-9-12(13-6-5-8-21-13)18-16-14(11)10(2)19-22-16/h5-6,8-9H,3-4,7H2,1-2H3,(H,17,20). The number of amides is 1. The molecule has 6 nitrogen and oxygen atoms in total. The third kappa shape index (κ3) is 2.59. The molecule has 0 radical (unpaired) electrons. The van der Waals surface area contributed by atoms with Crippen molar-refractivity contribution >= 4 is 17.0 Å². The highest BCUT2D eigenvalue weighted by Gasteiger charge is 2.19. The van der Waals surface area contributed by atoms with Crippen molar-refractivity contribution in [1.29, 1.82) is 0 Å². The maximum absolute atomic E-state index is 12.5. The van der Waals surface area contributed by atoms with Gasteiger partial charge in [-0.05, 0) is 31.5 Å². The van der Waals surface area contributed by atoms with E-state index >= 15 is 0 Å². The SMILES string of the molecule is CCCCNC(=O)c1cc(-c2ccco2)nc2onc(C)c12. The third-order valence-electron chi connectivity index (χ3n) is 3.45. The van der Waals surface area contributed by atoms with E-state index < -0.39 is 0 Å². The minimum Gasteiger partial charge on any atom is -0.463 e. The monoisotopic (exact) mass is 299 g/mol. The Kier molecular flexibility index (Phi) is 3.91. The molecule has 0 aliphatic heterocycles. The molecule has 6 heteroatoms. The maximum atomic E-state index is 12.5. The second-order valence-corrected chi connectivity index (χ2v) is 5.09. The van der Waals surface area contributed by atoms with Crippen LogP contribution in [0.2, 0.25) is 0 Å². The van der Waals surface area contributed by atoms with Crippen LogP contribution in [0.25, 0.3) is 22.6 Å². The molecular formula is C16H17N3O3. The number of aromatic nitrogens is 2. The van der Waals surface area contributed by atoms with Gasteiger partial charge in [-0.3, -0.25) is 4.79 Å². The van der Waals surface area contributed by atoms with Crippen molar-refractivity contribution in [2.75, 3.05) is 6.54 Å². The molecule has 1 N–H and O–H groups in total. The number of hydrogen-bond donors (Lipinski definition) is 1. The Balaban J connectivity index is 2.06. The van der Waals surface area contributed by atoms with E-state index in [0.717, 1.165) is 12.8 Å². The summed E-state index contributed by atoms with van der Waals surface area (Å²) in [7, 11) is 0. The maximum Gasteiger partial charge on any atom is 0.259 e. The summed E-state index contributed by atoms with van der Waals surface area (Å²) in [5.74, 6) is 0.429. The van der Waals surface area contributed by atoms with Gasteiger partial charge in [0.1, 0.15) is 5.69 Å². The molecule has 0 spiro atoms. The molecule has 114 valence electrons. The lowest BCUT2D eigenvalue weighted by Crippen LogP contribution is -2.24. The Bertz CT molecular complexity index is 790. The van der Waals surface area contributed by atoms with Gasteiger partial charge in [0.25, 0.3) is 11.6 Å². The van der Waals surface area contributed by atoms with Crippen molar-refractivity contribution in [3.63, 3.8) is 0 Å². The van der Waals surface area contributed by atoms with Crippen LogP contribution in [-0.4, -0.2) is 22.6 Å². The lowest BCUT2D eigenvalue weighted by molar-refractivity contribution is 0.0954. The van der Waals surface area contributed by atoms with Gasteiger partial charge in [0, 0.05) is 6.54 Å². The van der Waals surface area contributed by atoms with E-state index in [0.29, 0.717) is 40.4 Å². The summed E-state index contributed by atoms with van der Waals surface area (Å²) >= 11 is 0. The number of hydrogen-bond acceptors (Lipinski definition) is 5. The molecule has 3 aromatic heterocycles. The predicted molar refractivity (Wildman–Crippen MR) is 81.5 cm³/mol. The molecule has 0 unspecified atom stereocenters. The average Bonchev–Trinajstić information content (AvgIpc) is 3.17. The molecular weight excluding hydrogens is 282 g/mol. The number of unbranched alkanes of at least 4 members (excludes halogenated alkanes) is 1. The molecule has 0 aliphatic rings. The first-order chi connectivity index (χ1) is 10.7. The molecule has 0 saturated heterocycles. The van der Waals surface area contributed by atoms with E-state index in [-0.39, 0.29) is 5.91 Å². The lowest BCUT2D eigenvalue weighted by Gasteiger charge is -2.06. The summed E-state index contributed by atoms with van der Waals surface area (Å²) in [5.41, 5.74) is 2.04. The number of nitrogens with one attached hydrogen (secondary N) is 1. The van der Waals surface area contributed by atoms with Gasteiger partial charge in [-0.15, -0.1) is 0 Å². The number of carbonyl (C=O) groups is 1. The van der Waals surface area contributed by atoms with Crippen molar-refractivity contribution in [3.05, 3.63) is 35.7 Å². The van der Waals surface area contributed by atoms with Gasteiger partial charge in [0.2, 0.25) is 0 Å². The molecule has 0 bridgehead atoms. The van der Waals surface area contributed by atoms with Crippen molar-refractivity contribution in [1.82, 2.24) is 15.5 Å². The van der Waals surface area contributed by atoms with Gasteiger partial charge in [-0.25, -0.2) is 4.98 Å². The van der Waals surface area contributed by atoms with Gasteiger partial charge < -0.3 is 14.3 Å². The topological polar surface area (TPSA) is 81.2 Å². The van der Waals surface area contributed by atoms with Crippen LogP contribution in [0.5, 0.6) is 0 Å². The molecule has 0 atom stereocenters. The summed E-state index contributed by atoms with van der Waals surface area (Å²) in [6.07, 6.45) is 3.53. The van der Waals surface area contributed by atoms with Gasteiger partial charge in [0.05, 0.1) is 22.9 Å². The van der Waals surface area contributed by atoms with Crippen LogP contribution in [0.15, 0.2) is 33.4 Å². The second-order valence-electron chi connectivity index (χ2n) is 5.09. The van der Waals surface area contributed by atoms with Gasteiger partial charge >= 0.3 is 0 Å². The van der Waals surface area contributed by atoms with E-state index in [9.17, 15) is 4.79 Å². The number of furan rings is 1. The summed E-state index contributed by atoms with van der Waals surface area (Å²) in [5, 5.41) is 7.47. The highest BCUT2D eigenvalue weighted by atomic mass is 16.5. The third-order valence-corrected chi connectivity index (χ3v) is 3.45. The van der Waals surface area contributed by atoms with E-state index in [1.807, 2.05) is 0 Å². The molecule has 0 aliphatic carbocycles. The molecule has 1 amide bonds. The van der Waals surface area contributed by atoms with Crippen LogP contribution in [0.4, 0.5) is 0 Å². The second kappa shape index (κ2) is 6.01. The number of fused-ring (bicyclic) bond motifs is 1. The fraction of sp³-hybridized carbons (Fsp3) is 0.312. The Hall–Kier alpha value is -2.63. The summed E-state index contributed by atoms with van der Waals surface area (Å²) in [6, 6.07) is 5.27. The molecule has 3 rings (SSSR count). The number of pyridine rings is 1. The molecule has 0 fully saturated rings. The Labute approximate surface area is 127 Å². The van der Waals surface area contributed by atoms with Crippen LogP contribution >= 0.6 is 0 Å². The smallest absolute Gasteiger partial charge is 0.259 e. The first kappa shape index (κ1) is 14.3. The quantitative estimate of drug-likeness (QED) is 0.731. The number of rotatable bonds is 5. The summed E-state index contributed by atoms with van der Waals surface area (Å²) in [6.45, 7) is 4.51. The fourth-order valence-corrected chi connectivity index (χ4v) is 2.30. The fourth-order valence-electron chi connectivity index (χ4n) is 2.30. The lowest BCUT2D eigenvalue weighted by atomic mass is 10.1. The molecule has 3 heterocycles. The first-order valence-corrected chi connectivity index (χ1v) is 7.29. The van der Waals surface area contributed by atoms with Crippen LogP contribution in [-0.2, 0) is 0 Å². The van der Waals surface area contributed by atoms with Crippen LogP contribution in [0.3, 0.4) is 0 Å². The minimum absolute atomic E-state index is 0.153. The molecule has 22 heavy (non-hydrogen) atoms. The molecule has 0 aromatic carbocycles. The normalized spacial score (nSPS) is 11.0. The van der Waals surface area contributed by atoms with Crippen LogP contribution in [0.1, 0.15) is 35.8 Å². The number of aryl methyl sites for hydroxylation is 1.